The zero-order chi connectivity index (χ0) is 25.8. The van der Waals surface area contributed by atoms with E-state index in [1.165, 1.54) is 23.1 Å². The van der Waals surface area contributed by atoms with Crippen LogP contribution >= 0.6 is 0 Å². The SMILES string of the molecule is CCOC(=O)C[S+]([O-])c1ccc(C(=O)N2CCN(c3cccc(C(F)(F)F)c3)CC2)cc1[N+](=O)[O-]. The summed E-state index contributed by atoms with van der Waals surface area (Å²) in [6, 6.07) is 8.41. The van der Waals surface area contributed by atoms with Gasteiger partial charge in [0.1, 0.15) is 0 Å². The molecule has 1 aliphatic rings. The number of piperazine rings is 1. The number of anilines is 1. The second-order valence-corrected chi connectivity index (χ2v) is 8.98. The average Bonchev–Trinajstić information content (AvgIpc) is 2.83. The number of nitrogens with zero attached hydrogens (tertiary/aromatic N) is 3. The molecular weight excluding hydrogens is 491 g/mol. The Hall–Kier alpha value is -3.32. The third-order valence-corrected chi connectivity index (χ3v) is 6.64. The number of alkyl halides is 3. The number of halogens is 3. The van der Waals surface area contributed by atoms with E-state index in [0.29, 0.717) is 5.69 Å². The highest BCUT2D eigenvalue weighted by Gasteiger charge is 2.32. The van der Waals surface area contributed by atoms with Gasteiger partial charge >= 0.3 is 17.8 Å². The van der Waals surface area contributed by atoms with Gasteiger partial charge in [-0.25, -0.2) is 4.79 Å². The van der Waals surface area contributed by atoms with Crippen molar-refractivity contribution < 1.29 is 37.0 Å². The number of ether oxygens (including phenoxy) is 1. The zero-order valence-electron chi connectivity index (χ0n) is 18.6. The van der Waals surface area contributed by atoms with Gasteiger partial charge in [-0.1, -0.05) is 6.07 Å². The summed E-state index contributed by atoms with van der Waals surface area (Å²) in [6.45, 7) is 2.59. The van der Waals surface area contributed by atoms with Crippen LogP contribution in [0.15, 0.2) is 47.4 Å². The third-order valence-electron chi connectivity index (χ3n) is 5.31. The number of rotatable bonds is 7. The van der Waals surface area contributed by atoms with Crippen LogP contribution in [0.4, 0.5) is 24.5 Å². The van der Waals surface area contributed by atoms with E-state index in [2.05, 4.69) is 0 Å². The molecule has 0 spiro atoms. The summed E-state index contributed by atoms with van der Waals surface area (Å²) in [5.74, 6) is -1.82. The summed E-state index contributed by atoms with van der Waals surface area (Å²) in [4.78, 5) is 38.2. The van der Waals surface area contributed by atoms with Crippen molar-refractivity contribution in [3.63, 3.8) is 0 Å². The maximum Gasteiger partial charge on any atom is 0.416 e. The van der Waals surface area contributed by atoms with E-state index in [1.807, 2.05) is 0 Å². The molecule has 3 rings (SSSR count). The van der Waals surface area contributed by atoms with Crippen LogP contribution < -0.4 is 4.90 Å². The smallest absolute Gasteiger partial charge is 0.416 e. The molecule has 35 heavy (non-hydrogen) atoms. The first kappa shape index (κ1) is 26.3. The van der Waals surface area contributed by atoms with Gasteiger partial charge in [0.2, 0.25) is 10.6 Å². The molecule has 1 amide bonds. The van der Waals surface area contributed by atoms with E-state index >= 15 is 0 Å². The van der Waals surface area contributed by atoms with E-state index in [4.69, 9.17) is 4.74 Å². The van der Waals surface area contributed by atoms with Crippen LogP contribution in [0.3, 0.4) is 0 Å². The number of carbonyl (C=O) groups excluding carboxylic acids is 2. The minimum atomic E-state index is -4.46. The lowest BCUT2D eigenvalue weighted by Crippen LogP contribution is -2.48. The molecule has 0 radical (unpaired) electrons. The Morgan fingerprint density at radius 2 is 1.80 bits per heavy atom. The lowest BCUT2D eigenvalue weighted by atomic mass is 10.1. The molecule has 0 bridgehead atoms. The van der Waals surface area contributed by atoms with Gasteiger partial charge < -0.3 is 19.1 Å². The number of benzene rings is 2. The Morgan fingerprint density at radius 3 is 2.40 bits per heavy atom. The Balaban J connectivity index is 1.71. The second kappa shape index (κ2) is 11.0. The Labute approximate surface area is 201 Å². The summed E-state index contributed by atoms with van der Waals surface area (Å²) in [5.41, 5.74) is -0.931. The van der Waals surface area contributed by atoms with Crippen LogP contribution in [-0.2, 0) is 26.9 Å². The molecular formula is C22H22F3N3O6S. The molecule has 1 aliphatic heterocycles. The molecule has 0 aliphatic carbocycles. The summed E-state index contributed by atoms with van der Waals surface area (Å²) in [6.07, 6.45) is -4.46. The predicted octanol–water partition coefficient (Wildman–Crippen LogP) is 3.25. The topological polar surface area (TPSA) is 116 Å². The maximum absolute atomic E-state index is 13.0. The molecule has 1 fully saturated rings. The van der Waals surface area contributed by atoms with Crippen LogP contribution in [0, 0.1) is 10.1 Å². The summed E-state index contributed by atoms with van der Waals surface area (Å²) in [5, 5.41) is 11.5. The van der Waals surface area contributed by atoms with Gasteiger partial charge in [0.15, 0.2) is 0 Å². The second-order valence-electron chi connectivity index (χ2n) is 7.56. The van der Waals surface area contributed by atoms with Crippen molar-refractivity contribution in [2.45, 2.75) is 18.0 Å². The molecule has 9 nitrogen and oxygen atoms in total. The highest BCUT2D eigenvalue weighted by Crippen LogP contribution is 2.32. The predicted molar refractivity (Wildman–Crippen MR) is 121 cm³/mol. The van der Waals surface area contributed by atoms with Crippen LogP contribution in [0.25, 0.3) is 0 Å². The van der Waals surface area contributed by atoms with Crippen LogP contribution in [0.2, 0.25) is 0 Å². The van der Waals surface area contributed by atoms with Crippen molar-refractivity contribution in [3.05, 3.63) is 63.7 Å². The molecule has 188 valence electrons. The van der Waals surface area contributed by atoms with Gasteiger partial charge in [-0.3, -0.25) is 14.9 Å². The zero-order valence-corrected chi connectivity index (χ0v) is 19.4. The highest BCUT2D eigenvalue weighted by molar-refractivity contribution is 7.92. The van der Waals surface area contributed by atoms with Crippen molar-refractivity contribution >= 4 is 34.4 Å². The Morgan fingerprint density at radius 1 is 1.11 bits per heavy atom. The van der Waals surface area contributed by atoms with Crippen molar-refractivity contribution in [2.75, 3.05) is 43.4 Å². The van der Waals surface area contributed by atoms with Crippen LogP contribution in [0.5, 0.6) is 0 Å². The number of hydrogen-bond acceptors (Lipinski definition) is 7. The summed E-state index contributed by atoms with van der Waals surface area (Å²) >= 11 is -2.04. The fourth-order valence-corrected chi connectivity index (χ4v) is 4.64. The van der Waals surface area contributed by atoms with Crippen molar-refractivity contribution in [3.8, 4) is 0 Å². The molecule has 1 atom stereocenters. The number of esters is 1. The van der Waals surface area contributed by atoms with Gasteiger partial charge in [0, 0.05) is 60.7 Å². The van der Waals surface area contributed by atoms with Gasteiger partial charge in [-0.2, -0.15) is 13.2 Å². The number of amides is 1. The molecule has 0 saturated carbocycles. The number of carbonyl (C=O) groups is 2. The standard InChI is InChI=1S/C22H22F3N3O6S/c1-2-34-20(29)14-35(33)19-7-6-15(12-18(19)28(31)32)21(30)27-10-8-26(9-11-27)17-5-3-4-16(13-17)22(23,24)25/h3-7,12-13H,2,8-11,14H2,1H3. The Bertz CT molecular complexity index is 1110. The average molecular weight is 513 g/mol. The molecule has 1 saturated heterocycles. The molecule has 1 unspecified atom stereocenters. The van der Waals surface area contributed by atoms with Gasteiger partial charge in [-0.05, 0) is 31.2 Å². The molecule has 13 heteroatoms. The normalized spacial score (nSPS) is 15.0. The van der Waals surface area contributed by atoms with E-state index in [0.717, 1.165) is 18.2 Å². The third kappa shape index (κ3) is 6.42. The van der Waals surface area contributed by atoms with Gasteiger partial charge in [0.05, 0.1) is 17.1 Å². The molecule has 2 aromatic carbocycles. The molecule has 2 aromatic rings. The van der Waals surface area contributed by atoms with E-state index in [-0.39, 0.29) is 43.2 Å². The van der Waals surface area contributed by atoms with Crippen LogP contribution in [-0.4, -0.2) is 64.8 Å². The van der Waals surface area contributed by atoms with E-state index in [9.17, 15) is 37.4 Å². The maximum atomic E-state index is 13.0. The quantitative estimate of drug-likeness (QED) is 0.242. The van der Waals surface area contributed by atoms with Crippen molar-refractivity contribution in [1.82, 2.24) is 4.90 Å². The summed E-state index contributed by atoms with van der Waals surface area (Å²) in [7, 11) is 0. The fraction of sp³-hybridized carbons (Fsp3) is 0.364. The monoisotopic (exact) mass is 513 g/mol. The first-order chi connectivity index (χ1) is 16.5. The first-order valence-electron chi connectivity index (χ1n) is 10.5. The first-order valence-corrected chi connectivity index (χ1v) is 11.9. The van der Waals surface area contributed by atoms with E-state index < -0.39 is 51.2 Å². The number of nitro groups is 1. The molecule has 1 heterocycles. The molecule has 0 N–H and O–H groups in total. The Kier molecular flexibility index (Phi) is 8.22. The lowest BCUT2D eigenvalue weighted by Gasteiger charge is -2.36. The highest BCUT2D eigenvalue weighted by atomic mass is 32.2. The minimum Gasteiger partial charge on any atom is -0.611 e. The number of hydrogen-bond donors (Lipinski definition) is 0. The summed E-state index contributed by atoms with van der Waals surface area (Å²) < 4.78 is 56.1. The van der Waals surface area contributed by atoms with Crippen LogP contribution in [0.1, 0.15) is 22.8 Å². The van der Waals surface area contributed by atoms with E-state index in [1.54, 1.807) is 17.9 Å². The molecule has 0 aromatic heterocycles. The van der Waals surface area contributed by atoms with Crippen molar-refractivity contribution in [1.29, 1.82) is 0 Å². The largest absolute Gasteiger partial charge is 0.611 e. The minimum absolute atomic E-state index is 0.00102. The van der Waals surface area contributed by atoms with Gasteiger partial charge in [0.25, 0.3) is 5.91 Å². The number of nitro benzene ring substituents is 1. The van der Waals surface area contributed by atoms with Crippen molar-refractivity contribution in [2.24, 2.45) is 0 Å². The lowest BCUT2D eigenvalue weighted by molar-refractivity contribution is -0.387. The van der Waals surface area contributed by atoms with Gasteiger partial charge in [-0.15, -0.1) is 0 Å². The fourth-order valence-electron chi connectivity index (χ4n) is 3.60.